The SMILES string of the molecule is CC(C)(C)c1ccc(CNC(=O)[C@H]2CN(c3nc(N)c(C(=O)O)s3)CCN2S(=O)(=O)c2ccc(OC(F)(F)F)cc2)cc1. The maximum atomic E-state index is 13.6. The van der Waals surface area contributed by atoms with Crippen LogP contribution in [0.2, 0.25) is 0 Å². The summed E-state index contributed by atoms with van der Waals surface area (Å²) in [6.07, 6.45) is -4.95. The van der Waals surface area contributed by atoms with E-state index in [0.29, 0.717) is 0 Å². The minimum absolute atomic E-state index is 0.0402. The van der Waals surface area contributed by atoms with E-state index in [2.05, 4.69) is 35.8 Å². The number of nitrogens with zero attached hydrogens (tertiary/aromatic N) is 3. The van der Waals surface area contributed by atoms with Gasteiger partial charge in [0.05, 0.1) is 4.90 Å². The Kier molecular flexibility index (Phi) is 8.95. The van der Waals surface area contributed by atoms with Crippen molar-refractivity contribution in [3.63, 3.8) is 0 Å². The molecule has 1 fully saturated rings. The fourth-order valence-electron chi connectivity index (χ4n) is 4.43. The van der Waals surface area contributed by atoms with Gasteiger partial charge < -0.3 is 25.8 Å². The highest BCUT2D eigenvalue weighted by Crippen LogP contribution is 2.32. The number of halogens is 3. The minimum Gasteiger partial charge on any atom is -0.477 e. The summed E-state index contributed by atoms with van der Waals surface area (Å²) in [6, 6.07) is 10.00. The Morgan fingerprint density at radius 1 is 1.09 bits per heavy atom. The number of carboxylic acids is 1. The standard InChI is InChI=1S/C27H30F3N5O6S2/c1-26(2,3)17-6-4-16(5-7-17)14-32-23(36)20-15-34(25-33-22(31)21(42-25)24(37)38)12-13-35(20)43(39,40)19-10-8-18(9-11-19)41-27(28,29)30/h4-11,20H,12-15,31H2,1-3H3,(H,32,36)(H,37,38)/t20-/m1/s1. The van der Waals surface area contributed by atoms with E-state index in [-0.39, 0.29) is 52.3 Å². The van der Waals surface area contributed by atoms with Gasteiger partial charge in [-0.25, -0.2) is 18.2 Å². The average Bonchev–Trinajstić information content (AvgIpc) is 3.32. The first-order valence-corrected chi connectivity index (χ1v) is 15.2. The number of aromatic nitrogens is 1. The van der Waals surface area contributed by atoms with E-state index in [4.69, 9.17) is 5.73 Å². The molecular weight excluding hydrogens is 611 g/mol. The third-order valence-corrected chi connectivity index (χ3v) is 9.73. The number of alkyl halides is 3. The number of nitrogens with two attached hydrogens (primary N) is 1. The molecule has 1 atom stereocenters. The number of nitrogens with one attached hydrogen (secondary N) is 1. The lowest BCUT2D eigenvalue weighted by molar-refractivity contribution is -0.274. The van der Waals surface area contributed by atoms with Gasteiger partial charge in [0.15, 0.2) is 15.8 Å². The number of benzene rings is 2. The van der Waals surface area contributed by atoms with Crippen LogP contribution in [0.4, 0.5) is 24.1 Å². The Balaban J connectivity index is 1.60. The van der Waals surface area contributed by atoms with E-state index in [1.54, 1.807) is 4.90 Å². The van der Waals surface area contributed by atoms with E-state index < -0.39 is 40.1 Å². The van der Waals surface area contributed by atoms with Gasteiger partial charge in [0.1, 0.15) is 11.8 Å². The first-order chi connectivity index (χ1) is 20.0. The van der Waals surface area contributed by atoms with Gasteiger partial charge in [-0.15, -0.1) is 13.2 Å². The number of thiazole rings is 1. The number of sulfonamides is 1. The third kappa shape index (κ3) is 7.55. The van der Waals surface area contributed by atoms with Crippen LogP contribution in [0.3, 0.4) is 0 Å². The minimum atomic E-state index is -4.95. The van der Waals surface area contributed by atoms with Crippen molar-refractivity contribution in [2.75, 3.05) is 30.3 Å². The first-order valence-electron chi connectivity index (χ1n) is 12.9. The number of hydrogen-bond acceptors (Lipinski definition) is 9. The zero-order chi connectivity index (χ0) is 31.7. The van der Waals surface area contributed by atoms with E-state index >= 15 is 0 Å². The first kappa shape index (κ1) is 32.0. The van der Waals surface area contributed by atoms with Gasteiger partial charge in [0, 0.05) is 26.2 Å². The van der Waals surface area contributed by atoms with Gasteiger partial charge >= 0.3 is 12.3 Å². The molecule has 1 amide bonds. The van der Waals surface area contributed by atoms with E-state index in [1.807, 2.05) is 24.3 Å². The molecule has 11 nitrogen and oxygen atoms in total. The topological polar surface area (TPSA) is 155 Å². The molecule has 1 aliphatic rings. The molecule has 43 heavy (non-hydrogen) atoms. The number of carbonyl (C=O) groups is 2. The lowest BCUT2D eigenvalue weighted by Crippen LogP contribution is -2.60. The van der Waals surface area contributed by atoms with Crippen molar-refractivity contribution in [3.8, 4) is 5.75 Å². The van der Waals surface area contributed by atoms with Crippen molar-refractivity contribution >= 4 is 44.2 Å². The van der Waals surface area contributed by atoms with Gasteiger partial charge in [-0.3, -0.25) is 4.79 Å². The second-order valence-corrected chi connectivity index (χ2v) is 13.6. The molecule has 1 aromatic heterocycles. The van der Waals surface area contributed by atoms with Crippen LogP contribution in [-0.4, -0.2) is 66.7 Å². The van der Waals surface area contributed by atoms with Crippen molar-refractivity contribution < 1.29 is 41.0 Å². The predicted molar refractivity (Wildman–Crippen MR) is 153 cm³/mol. The summed E-state index contributed by atoms with van der Waals surface area (Å²) in [6.45, 7) is 5.96. The molecule has 0 unspecified atom stereocenters. The number of anilines is 2. The molecule has 0 spiro atoms. The summed E-state index contributed by atoms with van der Waals surface area (Å²) in [7, 11) is -4.37. The molecular formula is C27H30F3N5O6S2. The Labute approximate surface area is 250 Å². The zero-order valence-corrected chi connectivity index (χ0v) is 25.0. The van der Waals surface area contributed by atoms with Crippen molar-refractivity contribution in [2.24, 2.45) is 0 Å². The summed E-state index contributed by atoms with van der Waals surface area (Å²) in [5, 5.41) is 12.3. The molecule has 4 rings (SSSR count). The Bertz CT molecular complexity index is 1590. The Morgan fingerprint density at radius 2 is 1.72 bits per heavy atom. The molecule has 0 radical (unpaired) electrons. The smallest absolute Gasteiger partial charge is 0.477 e. The Morgan fingerprint density at radius 3 is 2.26 bits per heavy atom. The highest BCUT2D eigenvalue weighted by Gasteiger charge is 2.41. The highest BCUT2D eigenvalue weighted by atomic mass is 32.2. The summed E-state index contributed by atoms with van der Waals surface area (Å²) < 4.78 is 69.8. The molecule has 2 heterocycles. The van der Waals surface area contributed by atoms with Crippen LogP contribution in [0.25, 0.3) is 0 Å². The second kappa shape index (κ2) is 12.0. The number of carbonyl (C=O) groups excluding carboxylic acids is 1. The van der Waals surface area contributed by atoms with Crippen LogP contribution in [0.1, 0.15) is 41.6 Å². The number of carboxylic acid groups (broad SMARTS) is 1. The van der Waals surface area contributed by atoms with E-state index in [0.717, 1.165) is 51.0 Å². The van der Waals surface area contributed by atoms with Gasteiger partial charge in [-0.05, 0) is 40.8 Å². The normalized spacial score (nSPS) is 16.6. The molecule has 0 saturated carbocycles. The Hall–Kier alpha value is -3.89. The summed E-state index contributed by atoms with van der Waals surface area (Å²) in [5.74, 6) is -2.71. The van der Waals surface area contributed by atoms with Gasteiger partial charge in [0.25, 0.3) is 0 Å². The molecule has 232 valence electrons. The second-order valence-electron chi connectivity index (χ2n) is 10.8. The summed E-state index contributed by atoms with van der Waals surface area (Å²) >= 11 is 0.797. The largest absolute Gasteiger partial charge is 0.573 e. The van der Waals surface area contributed by atoms with Crippen molar-refractivity contribution in [1.82, 2.24) is 14.6 Å². The lowest BCUT2D eigenvalue weighted by atomic mass is 9.87. The van der Waals surface area contributed by atoms with Crippen LogP contribution in [-0.2, 0) is 26.8 Å². The van der Waals surface area contributed by atoms with Crippen molar-refractivity contribution in [1.29, 1.82) is 0 Å². The van der Waals surface area contributed by atoms with Gasteiger partial charge in [-0.1, -0.05) is 56.4 Å². The summed E-state index contributed by atoms with van der Waals surface area (Å²) in [5.41, 5.74) is 7.55. The third-order valence-electron chi connectivity index (χ3n) is 6.69. The van der Waals surface area contributed by atoms with Crippen molar-refractivity contribution in [3.05, 3.63) is 64.5 Å². The number of piperazine rings is 1. The number of amides is 1. The number of ether oxygens (including phenoxy) is 1. The van der Waals surface area contributed by atoms with Crippen LogP contribution in [0, 0.1) is 0 Å². The lowest BCUT2D eigenvalue weighted by Gasteiger charge is -2.39. The molecule has 4 N–H and O–H groups in total. The quantitative estimate of drug-likeness (QED) is 0.333. The van der Waals surface area contributed by atoms with Crippen molar-refractivity contribution in [2.45, 2.75) is 50.0 Å². The maximum Gasteiger partial charge on any atom is 0.573 e. The molecule has 16 heteroatoms. The van der Waals surface area contributed by atoms with E-state index in [1.165, 1.54) is 0 Å². The number of hydrogen-bond donors (Lipinski definition) is 3. The number of nitrogen functional groups attached to an aromatic ring is 1. The van der Waals surface area contributed by atoms with Crippen LogP contribution >= 0.6 is 11.3 Å². The van der Waals surface area contributed by atoms with Crippen LogP contribution in [0.5, 0.6) is 5.75 Å². The molecule has 1 saturated heterocycles. The molecule has 3 aromatic rings. The molecule has 0 aliphatic carbocycles. The monoisotopic (exact) mass is 641 g/mol. The zero-order valence-electron chi connectivity index (χ0n) is 23.4. The summed E-state index contributed by atoms with van der Waals surface area (Å²) in [4.78, 5) is 30.1. The molecule has 0 bridgehead atoms. The fourth-order valence-corrected chi connectivity index (χ4v) is 6.86. The maximum absolute atomic E-state index is 13.6. The average molecular weight is 642 g/mol. The number of aromatic carboxylic acids is 1. The van der Waals surface area contributed by atoms with Gasteiger partial charge in [-0.2, -0.15) is 4.31 Å². The van der Waals surface area contributed by atoms with Crippen LogP contribution < -0.4 is 20.7 Å². The predicted octanol–water partition coefficient (Wildman–Crippen LogP) is 3.82. The van der Waals surface area contributed by atoms with Gasteiger partial charge in [0.2, 0.25) is 15.9 Å². The molecule has 1 aliphatic heterocycles. The number of rotatable bonds is 8. The van der Waals surface area contributed by atoms with Crippen LogP contribution in [0.15, 0.2) is 53.4 Å². The highest BCUT2D eigenvalue weighted by molar-refractivity contribution is 7.89. The van der Waals surface area contributed by atoms with E-state index in [9.17, 15) is 36.3 Å². The fraction of sp³-hybridized carbons (Fsp3) is 0.370. The molecule has 2 aromatic carbocycles.